The zero-order chi connectivity index (χ0) is 20.0. The Bertz CT molecular complexity index is 916. The number of nitrogens with zero attached hydrogens (tertiary/aromatic N) is 4. The lowest BCUT2D eigenvalue weighted by Gasteiger charge is -2.36. The number of aryl methyl sites for hydroxylation is 1. The molecular formula is C23H31ClN4O2. The number of benzene rings is 1. The van der Waals surface area contributed by atoms with Gasteiger partial charge in [-0.3, -0.25) is 4.90 Å². The predicted molar refractivity (Wildman–Crippen MR) is 120 cm³/mol. The zero-order valence-corrected chi connectivity index (χ0v) is 18.9. The van der Waals surface area contributed by atoms with E-state index in [1.54, 1.807) is 14.2 Å². The van der Waals surface area contributed by atoms with Gasteiger partial charge in [0.1, 0.15) is 0 Å². The van der Waals surface area contributed by atoms with Crippen molar-refractivity contribution in [2.24, 2.45) is 0 Å². The Morgan fingerprint density at radius 2 is 1.80 bits per heavy atom. The molecule has 0 saturated carbocycles. The molecule has 0 N–H and O–H groups in total. The fourth-order valence-electron chi connectivity index (χ4n) is 5.27. The Morgan fingerprint density at radius 3 is 2.53 bits per heavy atom. The molecule has 0 aliphatic carbocycles. The highest BCUT2D eigenvalue weighted by molar-refractivity contribution is 5.85. The highest BCUT2D eigenvalue weighted by Gasteiger charge is 2.41. The van der Waals surface area contributed by atoms with Gasteiger partial charge in [0.05, 0.1) is 19.9 Å². The second kappa shape index (κ2) is 8.60. The van der Waals surface area contributed by atoms with Crippen LogP contribution in [-0.2, 0) is 13.0 Å². The third kappa shape index (κ3) is 3.60. The van der Waals surface area contributed by atoms with Gasteiger partial charge in [0, 0.05) is 49.9 Å². The van der Waals surface area contributed by atoms with E-state index in [9.17, 15) is 0 Å². The van der Waals surface area contributed by atoms with Gasteiger partial charge in [-0.15, -0.1) is 12.4 Å². The largest absolute Gasteiger partial charge is 0.493 e. The number of hydrogen-bond acceptors (Lipinski definition) is 6. The molecule has 7 heteroatoms. The van der Waals surface area contributed by atoms with Gasteiger partial charge < -0.3 is 14.4 Å². The lowest BCUT2D eigenvalue weighted by molar-refractivity contribution is 0.165. The molecule has 5 rings (SSSR count). The monoisotopic (exact) mass is 430 g/mol. The van der Waals surface area contributed by atoms with Crippen LogP contribution in [0.25, 0.3) is 0 Å². The fraction of sp³-hybridized carbons (Fsp3) is 0.565. The molecule has 3 aliphatic rings. The highest BCUT2D eigenvalue weighted by atomic mass is 35.5. The maximum atomic E-state index is 5.54. The number of ether oxygens (including phenoxy) is 2. The van der Waals surface area contributed by atoms with Crippen molar-refractivity contribution in [1.82, 2.24) is 14.9 Å². The molecule has 6 nitrogen and oxygen atoms in total. The highest BCUT2D eigenvalue weighted by Crippen LogP contribution is 2.44. The maximum Gasteiger partial charge on any atom is 0.225 e. The Hall–Kier alpha value is -2.05. The summed E-state index contributed by atoms with van der Waals surface area (Å²) >= 11 is 0. The Balaban J connectivity index is 0.00000218. The van der Waals surface area contributed by atoms with Crippen LogP contribution >= 0.6 is 12.4 Å². The Labute approximate surface area is 185 Å². The lowest BCUT2D eigenvalue weighted by atomic mass is 9.97. The molecule has 2 atom stereocenters. The first-order valence-electron chi connectivity index (χ1n) is 10.8. The second-order valence-electron chi connectivity index (χ2n) is 8.52. The third-order valence-corrected chi connectivity index (χ3v) is 6.90. The van der Waals surface area contributed by atoms with Crippen LogP contribution < -0.4 is 14.4 Å². The Kier molecular flexibility index (Phi) is 6.07. The van der Waals surface area contributed by atoms with Crippen LogP contribution in [0.3, 0.4) is 0 Å². The van der Waals surface area contributed by atoms with Crippen molar-refractivity contribution in [2.45, 2.75) is 57.7 Å². The van der Waals surface area contributed by atoms with Crippen LogP contribution in [-0.4, -0.2) is 48.2 Å². The summed E-state index contributed by atoms with van der Waals surface area (Å²) in [5.74, 6) is 2.53. The van der Waals surface area contributed by atoms with E-state index in [0.29, 0.717) is 12.1 Å². The van der Waals surface area contributed by atoms with Gasteiger partial charge in [-0.05, 0) is 55.9 Å². The van der Waals surface area contributed by atoms with Crippen molar-refractivity contribution >= 4 is 18.4 Å². The number of hydrogen-bond donors (Lipinski definition) is 0. The molecule has 2 fully saturated rings. The van der Waals surface area contributed by atoms with Gasteiger partial charge in [0.15, 0.2) is 11.5 Å². The van der Waals surface area contributed by atoms with Crippen molar-refractivity contribution in [1.29, 1.82) is 0 Å². The van der Waals surface area contributed by atoms with E-state index in [4.69, 9.17) is 19.4 Å². The average molecular weight is 431 g/mol. The van der Waals surface area contributed by atoms with Crippen molar-refractivity contribution in [3.8, 4) is 11.5 Å². The molecule has 2 unspecified atom stereocenters. The minimum Gasteiger partial charge on any atom is -0.493 e. The van der Waals surface area contributed by atoms with Crippen molar-refractivity contribution in [3.05, 3.63) is 40.7 Å². The van der Waals surface area contributed by atoms with Gasteiger partial charge in [-0.2, -0.15) is 0 Å². The number of halogens is 1. The van der Waals surface area contributed by atoms with E-state index in [2.05, 4.69) is 35.1 Å². The van der Waals surface area contributed by atoms with Gasteiger partial charge >= 0.3 is 0 Å². The average Bonchev–Trinajstić information content (AvgIpc) is 3.36. The van der Waals surface area contributed by atoms with Crippen molar-refractivity contribution in [3.63, 3.8) is 0 Å². The summed E-state index contributed by atoms with van der Waals surface area (Å²) in [5.41, 5.74) is 5.15. The Morgan fingerprint density at radius 1 is 1.07 bits per heavy atom. The molecule has 2 saturated heterocycles. The van der Waals surface area contributed by atoms with Crippen LogP contribution in [0, 0.1) is 6.92 Å². The molecule has 162 valence electrons. The third-order valence-electron chi connectivity index (χ3n) is 6.90. The number of aromatic nitrogens is 2. The maximum absolute atomic E-state index is 5.54. The standard InChI is InChI=1S/C23H30N4O2.ClH/c1-15-10-21(28-2)22(29-3)11-16(15)14-27-17-6-7-20(27)18-13-24-23(25-19(18)12-17)26-8-4-5-9-26;/h10-11,13,17,20H,4-9,12,14H2,1-3H3;1H. The fourth-order valence-corrected chi connectivity index (χ4v) is 5.27. The van der Waals surface area contributed by atoms with Crippen LogP contribution in [0.2, 0.25) is 0 Å². The van der Waals surface area contributed by atoms with Crippen LogP contribution in [0.1, 0.15) is 54.1 Å². The first kappa shape index (κ1) is 21.2. The molecule has 2 aromatic rings. The number of fused-ring (bicyclic) bond motifs is 4. The summed E-state index contributed by atoms with van der Waals surface area (Å²) in [6, 6.07) is 5.19. The molecule has 30 heavy (non-hydrogen) atoms. The molecule has 0 radical (unpaired) electrons. The van der Waals surface area contributed by atoms with E-state index in [-0.39, 0.29) is 12.4 Å². The van der Waals surface area contributed by atoms with Crippen LogP contribution in [0.4, 0.5) is 5.95 Å². The SMILES string of the molecule is COc1cc(C)c(CN2C3CCC2c2cnc(N4CCCC4)nc2C3)cc1OC.Cl. The zero-order valence-electron chi connectivity index (χ0n) is 18.1. The van der Waals surface area contributed by atoms with E-state index in [0.717, 1.165) is 43.5 Å². The number of anilines is 1. The molecular weight excluding hydrogens is 400 g/mol. The number of methoxy groups -OCH3 is 2. The van der Waals surface area contributed by atoms with Crippen LogP contribution in [0.5, 0.6) is 11.5 Å². The minimum absolute atomic E-state index is 0. The van der Waals surface area contributed by atoms with E-state index < -0.39 is 0 Å². The summed E-state index contributed by atoms with van der Waals surface area (Å²) < 4.78 is 11.0. The van der Waals surface area contributed by atoms with Crippen molar-refractivity contribution < 1.29 is 9.47 Å². The van der Waals surface area contributed by atoms with Gasteiger partial charge in [0.25, 0.3) is 0 Å². The van der Waals surface area contributed by atoms with Gasteiger partial charge in [-0.25, -0.2) is 9.97 Å². The van der Waals surface area contributed by atoms with Crippen molar-refractivity contribution in [2.75, 3.05) is 32.2 Å². The van der Waals surface area contributed by atoms with Gasteiger partial charge in [0.2, 0.25) is 5.95 Å². The molecule has 0 amide bonds. The van der Waals surface area contributed by atoms with Crippen LogP contribution in [0.15, 0.2) is 18.3 Å². The molecule has 2 bridgehead atoms. The predicted octanol–water partition coefficient (Wildman–Crippen LogP) is 4.09. The molecule has 1 aromatic carbocycles. The molecule has 0 spiro atoms. The minimum atomic E-state index is 0. The topological polar surface area (TPSA) is 50.7 Å². The quantitative estimate of drug-likeness (QED) is 0.712. The van der Waals surface area contributed by atoms with Gasteiger partial charge in [-0.1, -0.05) is 0 Å². The smallest absolute Gasteiger partial charge is 0.225 e. The second-order valence-corrected chi connectivity index (χ2v) is 8.52. The lowest BCUT2D eigenvalue weighted by Crippen LogP contribution is -2.38. The normalized spacial score (nSPS) is 22.6. The first-order chi connectivity index (χ1) is 14.2. The molecule has 4 heterocycles. The summed E-state index contributed by atoms with van der Waals surface area (Å²) in [6.45, 7) is 5.27. The molecule has 1 aromatic heterocycles. The van der Waals surface area contributed by atoms with E-state index in [1.165, 1.54) is 48.1 Å². The summed E-state index contributed by atoms with van der Waals surface area (Å²) in [4.78, 5) is 14.7. The molecule has 3 aliphatic heterocycles. The summed E-state index contributed by atoms with van der Waals surface area (Å²) in [5, 5.41) is 0. The summed E-state index contributed by atoms with van der Waals surface area (Å²) in [6.07, 6.45) is 8.06. The van der Waals surface area contributed by atoms with E-state index in [1.807, 2.05) is 0 Å². The number of rotatable bonds is 5. The summed E-state index contributed by atoms with van der Waals surface area (Å²) in [7, 11) is 3.39. The first-order valence-corrected chi connectivity index (χ1v) is 10.8. The van der Waals surface area contributed by atoms with E-state index >= 15 is 0 Å².